The average molecular weight is 262 g/mol. The molecule has 0 spiro atoms. The minimum absolute atomic E-state index is 0.164. The van der Waals surface area contributed by atoms with Gasteiger partial charge in [-0.05, 0) is 12.0 Å². The Bertz CT molecular complexity index is 332. The summed E-state index contributed by atoms with van der Waals surface area (Å²) in [4.78, 5) is 11.7. The molecule has 0 aromatic heterocycles. The van der Waals surface area contributed by atoms with Gasteiger partial charge in [0.05, 0.1) is 0 Å². The molecule has 0 bridgehead atoms. The van der Waals surface area contributed by atoms with Gasteiger partial charge in [-0.1, -0.05) is 69.4 Å². The molecule has 0 aliphatic rings. The summed E-state index contributed by atoms with van der Waals surface area (Å²) in [6.45, 7) is 3.19. The van der Waals surface area contributed by atoms with E-state index in [2.05, 4.69) is 6.92 Å². The first-order valence-electron chi connectivity index (χ1n) is 7.46. The number of benzene rings is 1. The van der Waals surface area contributed by atoms with E-state index in [4.69, 9.17) is 4.74 Å². The van der Waals surface area contributed by atoms with Crippen LogP contribution in [-0.2, 0) is 16.0 Å². The van der Waals surface area contributed by atoms with Gasteiger partial charge in [0.15, 0.2) is 5.78 Å². The normalized spacial score (nSPS) is 10.6. The highest BCUT2D eigenvalue weighted by atomic mass is 16.5. The standard InChI is InChI=1S/C17H26O2/c1-2-3-4-5-6-10-13-19-15-17(18)14-16-11-8-7-9-12-16/h7-9,11-12H,2-6,10,13-15H2,1H3. The number of hydrogen-bond acceptors (Lipinski definition) is 2. The summed E-state index contributed by atoms with van der Waals surface area (Å²) < 4.78 is 5.42. The predicted octanol–water partition coefficient (Wildman–Crippen LogP) is 4.18. The molecule has 0 aliphatic heterocycles. The lowest BCUT2D eigenvalue weighted by molar-refractivity contribution is -0.122. The van der Waals surface area contributed by atoms with Gasteiger partial charge in [0.25, 0.3) is 0 Å². The second-order valence-electron chi connectivity index (χ2n) is 5.02. The van der Waals surface area contributed by atoms with Crippen molar-refractivity contribution in [3.8, 4) is 0 Å². The highest BCUT2D eigenvalue weighted by Crippen LogP contribution is 2.05. The molecular formula is C17H26O2. The molecule has 1 rings (SSSR count). The summed E-state index contributed by atoms with van der Waals surface area (Å²) in [5.74, 6) is 0.164. The SMILES string of the molecule is CCCCCCCCOCC(=O)Cc1ccccc1. The molecule has 2 heteroatoms. The summed E-state index contributed by atoms with van der Waals surface area (Å²) >= 11 is 0. The fourth-order valence-electron chi connectivity index (χ4n) is 2.05. The van der Waals surface area contributed by atoms with E-state index in [1.807, 2.05) is 30.3 Å². The van der Waals surface area contributed by atoms with Gasteiger partial charge in [0.1, 0.15) is 6.61 Å². The van der Waals surface area contributed by atoms with Crippen LogP contribution < -0.4 is 0 Å². The Morgan fingerprint density at radius 1 is 1.00 bits per heavy atom. The Morgan fingerprint density at radius 3 is 2.42 bits per heavy atom. The van der Waals surface area contributed by atoms with E-state index in [9.17, 15) is 4.79 Å². The number of carbonyl (C=O) groups excluding carboxylic acids is 1. The van der Waals surface area contributed by atoms with Crippen LogP contribution in [0.3, 0.4) is 0 Å². The molecule has 0 saturated heterocycles. The molecule has 2 nitrogen and oxygen atoms in total. The number of unbranched alkanes of at least 4 members (excludes halogenated alkanes) is 5. The largest absolute Gasteiger partial charge is 0.374 e. The van der Waals surface area contributed by atoms with Crippen LogP contribution in [0.1, 0.15) is 51.0 Å². The Balaban J connectivity index is 1.96. The van der Waals surface area contributed by atoms with Crippen molar-refractivity contribution in [2.24, 2.45) is 0 Å². The van der Waals surface area contributed by atoms with E-state index < -0.39 is 0 Å². The maximum absolute atomic E-state index is 11.7. The highest BCUT2D eigenvalue weighted by molar-refractivity contribution is 5.81. The summed E-state index contributed by atoms with van der Waals surface area (Å²) in [5, 5.41) is 0. The first-order valence-corrected chi connectivity index (χ1v) is 7.46. The second-order valence-corrected chi connectivity index (χ2v) is 5.02. The summed E-state index contributed by atoms with van der Waals surface area (Å²) in [7, 11) is 0. The minimum Gasteiger partial charge on any atom is -0.374 e. The van der Waals surface area contributed by atoms with Gasteiger partial charge >= 0.3 is 0 Å². The highest BCUT2D eigenvalue weighted by Gasteiger charge is 2.03. The van der Waals surface area contributed by atoms with Gasteiger partial charge < -0.3 is 4.74 Å². The van der Waals surface area contributed by atoms with Gasteiger partial charge in [-0.15, -0.1) is 0 Å². The molecule has 0 aliphatic carbocycles. The molecule has 0 saturated carbocycles. The molecule has 106 valence electrons. The van der Waals surface area contributed by atoms with E-state index in [1.54, 1.807) is 0 Å². The van der Waals surface area contributed by atoms with Crippen molar-refractivity contribution < 1.29 is 9.53 Å². The van der Waals surface area contributed by atoms with E-state index in [0.717, 1.165) is 12.0 Å². The van der Waals surface area contributed by atoms with E-state index >= 15 is 0 Å². The number of hydrogen-bond donors (Lipinski definition) is 0. The van der Waals surface area contributed by atoms with Gasteiger partial charge in [0, 0.05) is 13.0 Å². The van der Waals surface area contributed by atoms with Crippen molar-refractivity contribution in [2.45, 2.75) is 51.9 Å². The number of ether oxygens (including phenoxy) is 1. The summed E-state index contributed by atoms with van der Waals surface area (Å²) in [6.07, 6.45) is 7.99. The van der Waals surface area contributed by atoms with E-state index in [0.29, 0.717) is 13.0 Å². The Morgan fingerprint density at radius 2 is 1.68 bits per heavy atom. The zero-order valence-electron chi connectivity index (χ0n) is 12.1. The number of rotatable bonds is 11. The first kappa shape index (κ1) is 15.9. The van der Waals surface area contributed by atoms with Crippen LogP contribution in [0.5, 0.6) is 0 Å². The van der Waals surface area contributed by atoms with Crippen LogP contribution in [0.4, 0.5) is 0 Å². The second kappa shape index (κ2) is 10.7. The smallest absolute Gasteiger partial charge is 0.162 e. The average Bonchev–Trinajstić information content (AvgIpc) is 2.43. The maximum atomic E-state index is 11.7. The van der Waals surface area contributed by atoms with Crippen molar-refractivity contribution in [2.75, 3.05) is 13.2 Å². The van der Waals surface area contributed by atoms with Gasteiger partial charge in [-0.2, -0.15) is 0 Å². The Kier molecular flexibility index (Phi) is 8.99. The molecule has 0 amide bonds. The third kappa shape index (κ3) is 8.55. The van der Waals surface area contributed by atoms with Gasteiger partial charge in [-0.3, -0.25) is 4.79 Å². The molecule has 0 radical (unpaired) electrons. The van der Waals surface area contributed by atoms with Gasteiger partial charge in [-0.25, -0.2) is 0 Å². The summed E-state index contributed by atoms with van der Waals surface area (Å²) in [6, 6.07) is 9.83. The number of Topliss-reactive ketones (excluding diaryl/α,β-unsaturated/α-hetero) is 1. The van der Waals surface area contributed by atoms with Crippen molar-refractivity contribution in [1.29, 1.82) is 0 Å². The van der Waals surface area contributed by atoms with Crippen molar-refractivity contribution in [3.05, 3.63) is 35.9 Å². The molecule has 1 aromatic rings. The molecule has 0 fully saturated rings. The quantitative estimate of drug-likeness (QED) is 0.559. The maximum Gasteiger partial charge on any atom is 0.162 e. The molecule has 0 unspecified atom stereocenters. The van der Waals surface area contributed by atoms with Crippen LogP contribution in [0.2, 0.25) is 0 Å². The van der Waals surface area contributed by atoms with E-state index in [-0.39, 0.29) is 12.4 Å². The predicted molar refractivity (Wildman–Crippen MR) is 79.3 cm³/mol. The Hall–Kier alpha value is -1.15. The lowest BCUT2D eigenvalue weighted by Crippen LogP contribution is -2.12. The molecule has 0 N–H and O–H groups in total. The van der Waals surface area contributed by atoms with Crippen molar-refractivity contribution in [3.63, 3.8) is 0 Å². The fraction of sp³-hybridized carbons (Fsp3) is 0.588. The minimum atomic E-state index is 0.164. The fourth-order valence-corrected chi connectivity index (χ4v) is 2.05. The molecule has 0 heterocycles. The van der Waals surface area contributed by atoms with Crippen LogP contribution in [0, 0.1) is 0 Å². The van der Waals surface area contributed by atoms with Crippen molar-refractivity contribution >= 4 is 5.78 Å². The van der Waals surface area contributed by atoms with Crippen LogP contribution in [0.25, 0.3) is 0 Å². The number of ketones is 1. The lowest BCUT2D eigenvalue weighted by atomic mass is 10.1. The Labute approximate surface area is 117 Å². The third-order valence-electron chi connectivity index (χ3n) is 3.15. The molecule has 0 atom stereocenters. The number of carbonyl (C=O) groups is 1. The topological polar surface area (TPSA) is 26.3 Å². The first-order chi connectivity index (χ1) is 9.33. The van der Waals surface area contributed by atoms with Crippen LogP contribution in [-0.4, -0.2) is 19.0 Å². The zero-order chi connectivity index (χ0) is 13.8. The van der Waals surface area contributed by atoms with Crippen LogP contribution in [0.15, 0.2) is 30.3 Å². The van der Waals surface area contributed by atoms with E-state index in [1.165, 1.54) is 32.1 Å². The molecular weight excluding hydrogens is 236 g/mol. The molecule has 19 heavy (non-hydrogen) atoms. The molecule has 1 aromatic carbocycles. The monoisotopic (exact) mass is 262 g/mol. The van der Waals surface area contributed by atoms with Crippen LogP contribution >= 0.6 is 0 Å². The lowest BCUT2D eigenvalue weighted by Gasteiger charge is -2.04. The van der Waals surface area contributed by atoms with Crippen molar-refractivity contribution in [1.82, 2.24) is 0 Å². The summed E-state index contributed by atoms with van der Waals surface area (Å²) in [5.41, 5.74) is 1.07. The third-order valence-corrected chi connectivity index (χ3v) is 3.15. The zero-order valence-corrected chi connectivity index (χ0v) is 12.1. The van der Waals surface area contributed by atoms with Gasteiger partial charge in [0.2, 0.25) is 0 Å².